The van der Waals surface area contributed by atoms with Crippen molar-refractivity contribution < 1.29 is 24.3 Å². The van der Waals surface area contributed by atoms with Crippen molar-refractivity contribution in [2.45, 2.75) is 0 Å². The summed E-state index contributed by atoms with van der Waals surface area (Å²) in [6.45, 7) is 0. The predicted molar refractivity (Wildman–Crippen MR) is 125 cm³/mol. The van der Waals surface area contributed by atoms with Crippen LogP contribution < -0.4 is 5.43 Å². The highest BCUT2D eigenvalue weighted by molar-refractivity contribution is 6.08. The molecule has 34 heavy (non-hydrogen) atoms. The summed E-state index contributed by atoms with van der Waals surface area (Å²) in [6, 6.07) is 19.5. The Balaban J connectivity index is 1.88. The summed E-state index contributed by atoms with van der Waals surface area (Å²) in [4.78, 5) is 34.4. The molecule has 2 N–H and O–H groups in total. The second kappa shape index (κ2) is 7.86. The number of hydrogen-bond acceptors (Lipinski definition) is 6. The molecule has 0 saturated carbocycles. The van der Waals surface area contributed by atoms with Gasteiger partial charge in [-0.2, -0.15) is 0 Å². The van der Waals surface area contributed by atoms with Gasteiger partial charge in [0.2, 0.25) is 0 Å². The van der Waals surface area contributed by atoms with E-state index in [1.807, 2.05) is 0 Å². The summed E-state index contributed by atoms with van der Waals surface area (Å²) in [5, 5.41) is 32.0. The zero-order chi connectivity index (χ0) is 24.0. The zero-order valence-corrected chi connectivity index (χ0v) is 17.4. The van der Waals surface area contributed by atoms with Gasteiger partial charge in [0.15, 0.2) is 5.43 Å². The molecule has 0 spiro atoms. The van der Waals surface area contributed by atoms with Crippen molar-refractivity contribution in [2.24, 2.45) is 0 Å². The number of carbonyl (C=O) groups is 1. The first kappa shape index (κ1) is 20.9. The molecule has 1 aliphatic carbocycles. The van der Waals surface area contributed by atoms with E-state index in [-0.39, 0.29) is 33.8 Å². The molecule has 8 heteroatoms. The number of nitrogens with zero attached hydrogens (tertiary/aromatic N) is 1. The number of phenolic OH excluding ortho intramolecular Hbond substituents is 1. The van der Waals surface area contributed by atoms with E-state index in [0.29, 0.717) is 33.2 Å². The lowest BCUT2D eigenvalue weighted by atomic mass is 9.89. The van der Waals surface area contributed by atoms with Gasteiger partial charge in [0.05, 0.1) is 10.5 Å². The van der Waals surface area contributed by atoms with E-state index in [0.717, 1.165) is 0 Å². The highest BCUT2D eigenvalue weighted by Crippen LogP contribution is 2.44. The minimum atomic E-state index is -1.12. The molecule has 1 aliphatic heterocycles. The first-order valence-electron chi connectivity index (χ1n) is 10.1. The number of hydrogen-bond donors (Lipinski definition) is 2. The first-order chi connectivity index (χ1) is 16.3. The number of phenols is 1. The van der Waals surface area contributed by atoms with Gasteiger partial charge in [0.1, 0.15) is 17.1 Å². The molecule has 2 aliphatic rings. The number of nitro benzene ring substituents is 1. The van der Waals surface area contributed by atoms with Gasteiger partial charge in [-0.3, -0.25) is 14.9 Å². The highest BCUT2D eigenvalue weighted by atomic mass is 16.6. The fraction of sp³-hybridized carbons (Fsp3) is 0. The van der Waals surface area contributed by atoms with Crippen LogP contribution in [0.5, 0.6) is 5.75 Å². The Hall–Kier alpha value is -4.98. The monoisotopic (exact) mass is 453 g/mol. The lowest BCUT2D eigenvalue weighted by Gasteiger charge is -2.18. The molecule has 1 heterocycles. The molecular weight excluding hydrogens is 438 g/mol. The molecule has 8 nitrogen and oxygen atoms in total. The average molecular weight is 453 g/mol. The van der Waals surface area contributed by atoms with Gasteiger partial charge >= 0.3 is 5.97 Å². The lowest BCUT2D eigenvalue weighted by Crippen LogP contribution is -2.03. The van der Waals surface area contributed by atoms with E-state index in [4.69, 9.17) is 4.42 Å². The van der Waals surface area contributed by atoms with Gasteiger partial charge in [-0.15, -0.1) is 0 Å². The van der Waals surface area contributed by atoms with E-state index in [9.17, 15) is 29.9 Å². The predicted octanol–water partition coefficient (Wildman–Crippen LogP) is 5.54. The summed E-state index contributed by atoms with van der Waals surface area (Å²) in [5.74, 6) is -1.01. The third-order valence-corrected chi connectivity index (χ3v) is 5.63. The first-order valence-corrected chi connectivity index (χ1v) is 10.1. The van der Waals surface area contributed by atoms with E-state index < -0.39 is 10.9 Å². The number of carboxylic acid groups (broad SMARTS) is 1. The number of benzene rings is 4. The molecule has 3 aromatic rings. The van der Waals surface area contributed by atoms with Crippen molar-refractivity contribution in [3.63, 3.8) is 0 Å². The summed E-state index contributed by atoms with van der Waals surface area (Å²) >= 11 is 0. The Morgan fingerprint density at radius 2 is 1.62 bits per heavy atom. The summed E-state index contributed by atoms with van der Waals surface area (Å²) in [7, 11) is 0. The van der Waals surface area contributed by atoms with Crippen LogP contribution in [0, 0.1) is 10.1 Å². The van der Waals surface area contributed by atoms with Crippen molar-refractivity contribution in [2.75, 3.05) is 0 Å². The number of non-ortho nitro benzene ring substituents is 1. The molecule has 0 bridgehead atoms. The van der Waals surface area contributed by atoms with Crippen molar-refractivity contribution in [1.29, 1.82) is 0 Å². The van der Waals surface area contributed by atoms with Gasteiger partial charge in [-0.1, -0.05) is 18.2 Å². The Morgan fingerprint density at radius 1 is 0.882 bits per heavy atom. The largest absolute Gasteiger partial charge is 0.507 e. The van der Waals surface area contributed by atoms with Crippen molar-refractivity contribution >= 4 is 22.6 Å². The van der Waals surface area contributed by atoms with Gasteiger partial charge in [-0.05, 0) is 47.5 Å². The minimum absolute atomic E-state index is 0.0625. The van der Waals surface area contributed by atoms with E-state index in [1.165, 1.54) is 48.5 Å². The quantitative estimate of drug-likeness (QED) is 0.207. The van der Waals surface area contributed by atoms with Crippen LogP contribution in [-0.2, 0) is 0 Å². The smallest absolute Gasteiger partial charge is 0.336 e. The van der Waals surface area contributed by atoms with Crippen molar-refractivity contribution in [3.05, 3.63) is 105 Å². The molecule has 0 saturated heterocycles. The number of aromatic hydroxyl groups is 1. The van der Waals surface area contributed by atoms with E-state index >= 15 is 0 Å². The number of aromatic carboxylic acids is 1. The second-order valence-electron chi connectivity index (χ2n) is 7.66. The SMILES string of the molecule is O=C(O)c1ccccc1-c1c2ccc(=O)cc-2oc2cc(O)c(-c3ccc([N+](=O)[O-])cc3)cc12. The van der Waals surface area contributed by atoms with Crippen LogP contribution in [0.4, 0.5) is 5.69 Å². The highest BCUT2D eigenvalue weighted by Gasteiger charge is 2.23. The normalized spacial score (nSPS) is 11.1. The van der Waals surface area contributed by atoms with Gasteiger partial charge in [0.25, 0.3) is 5.69 Å². The van der Waals surface area contributed by atoms with Gasteiger partial charge < -0.3 is 14.6 Å². The zero-order valence-electron chi connectivity index (χ0n) is 17.4. The number of rotatable bonds is 4. The topological polar surface area (TPSA) is 131 Å². The van der Waals surface area contributed by atoms with Crippen LogP contribution >= 0.6 is 0 Å². The molecule has 0 radical (unpaired) electrons. The van der Waals surface area contributed by atoms with Gasteiger partial charge in [0, 0.05) is 46.3 Å². The molecule has 3 aromatic carbocycles. The Morgan fingerprint density at radius 3 is 2.32 bits per heavy atom. The van der Waals surface area contributed by atoms with E-state index in [1.54, 1.807) is 30.3 Å². The van der Waals surface area contributed by atoms with Crippen LogP contribution in [0.2, 0.25) is 0 Å². The Labute approximate surface area is 191 Å². The molecule has 5 rings (SSSR count). The Kier molecular flexibility index (Phi) is 4.83. The maximum absolute atomic E-state index is 12.0. The molecule has 0 amide bonds. The number of fused-ring (bicyclic) bond motifs is 2. The molecule has 166 valence electrons. The lowest BCUT2D eigenvalue weighted by molar-refractivity contribution is -0.384. The molecule has 0 atom stereocenters. The Bertz CT molecular complexity index is 1630. The molecule has 0 fully saturated rings. The third kappa shape index (κ3) is 3.43. The van der Waals surface area contributed by atoms with Crippen LogP contribution in [0.15, 0.2) is 88.1 Å². The van der Waals surface area contributed by atoms with Crippen molar-refractivity contribution in [1.82, 2.24) is 0 Å². The molecule has 0 aromatic heterocycles. The maximum Gasteiger partial charge on any atom is 0.336 e. The standard InChI is InChI=1S/C26H15NO7/c28-16-9-10-19-23(11-16)34-24-13-22(29)20(14-5-7-15(8-6-14)27(32)33)12-21(24)25(19)17-3-1-2-4-18(17)26(30)31/h1-13,29H,(H,30,31). The van der Waals surface area contributed by atoms with Crippen LogP contribution in [0.3, 0.4) is 0 Å². The summed E-state index contributed by atoms with van der Waals surface area (Å²) < 4.78 is 5.92. The number of carboxylic acids is 1. The summed E-state index contributed by atoms with van der Waals surface area (Å²) in [6.07, 6.45) is 0. The minimum Gasteiger partial charge on any atom is -0.507 e. The average Bonchev–Trinajstić information content (AvgIpc) is 2.82. The fourth-order valence-corrected chi connectivity index (χ4v) is 4.08. The van der Waals surface area contributed by atoms with Crippen LogP contribution in [0.1, 0.15) is 10.4 Å². The third-order valence-electron chi connectivity index (χ3n) is 5.63. The van der Waals surface area contributed by atoms with Crippen LogP contribution in [-0.4, -0.2) is 21.1 Å². The van der Waals surface area contributed by atoms with Gasteiger partial charge in [-0.25, -0.2) is 4.79 Å². The summed E-state index contributed by atoms with van der Waals surface area (Å²) in [5.41, 5.74) is 2.32. The van der Waals surface area contributed by atoms with Crippen molar-refractivity contribution in [3.8, 4) is 39.3 Å². The van der Waals surface area contributed by atoms with Crippen LogP contribution in [0.25, 0.3) is 44.5 Å². The fourth-order valence-electron chi connectivity index (χ4n) is 4.08. The maximum atomic E-state index is 12.0. The molecule has 0 unspecified atom stereocenters. The second-order valence-corrected chi connectivity index (χ2v) is 7.66. The number of nitro groups is 1. The van der Waals surface area contributed by atoms with E-state index in [2.05, 4.69) is 0 Å². The molecular formula is C26H15NO7.